The Bertz CT molecular complexity index is 1150. The molecule has 9 heteroatoms. The van der Waals surface area contributed by atoms with Crippen LogP contribution in [0.4, 0.5) is 23.7 Å². The van der Waals surface area contributed by atoms with E-state index in [1.54, 1.807) is 13.8 Å². The summed E-state index contributed by atoms with van der Waals surface area (Å²) in [5.41, 5.74) is -0.0273. The summed E-state index contributed by atoms with van der Waals surface area (Å²) in [6, 6.07) is 4.91. The minimum Gasteiger partial charge on any atom is -0.328 e. The smallest absolute Gasteiger partial charge is 0.322 e. The SMILES string of the molecule is CCN(C(=O)Nc1ccc(F)c(Cl)c1)C(C)c1c[nH]c(=O)c2c(F)c(F)ccc12. The topological polar surface area (TPSA) is 65.2 Å². The zero-order valence-corrected chi connectivity index (χ0v) is 16.3. The molecule has 1 aromatic heterocycles. The number of nitrogens with zero attached hydrogens (tertiary/aromatic N) is 1. The number of pyridine rings is 1. The number of fused-ring (bicyclic) bond motifs is 1. The van der Waals surface area contributed by atoms with Gasteiger partial charge >= 0.3 is 6.03 Å². The van der Waals surface area contributed by atoms with E-state index in [0.717, 1.165) is 12.1 Å². The van der Waals surface area contributed by atoms with Gasteiger partial charge in [0.1, 0.15) is 5.82 Å². The molecule has 0 aliphatic carbocycles. The standard InChI is InChI=1S/C20H17ClF3N3O2/c1-3-27(20(29)26-11-4-6-15(22)14(21)8-11)10(2)13-9-25-19(28)17-12(13)5-7-16(23)18(17)24/h4-10H,3H2,1-2H3,(H,25,28)(H,26,29). The van der Waals surface area contributed by atoms with E-state index in [4.69, 9.17) is 11.6 Å². The van der Waals surface area contributed by atoms with E-state index in [0.29, 0.717) is 11.3 Å². The third-order valence-corrected chi connectivity index (χ3v) is 4.97. The van der Waals surface area contributed by atoms with Gasteiger partial charge in [-0.2, -0.15) is 0 Å². The number of amides is 2. The zero-order chi connectivity index (χ0) is 21.3. The Morgan fingerprint density at radius 2 is 1.90 bits per heavy atom. The molecule has 0 saturated carbocycles. The van der Waals surface area contributed by atoms with E-state index >= 15 is 0 Å². The second-order valence-electron chi connectivity index (χ2n) is 6.38. The molecule has 0 fully saturated rings. The Balaban J connectivity index is 1.97. The molecule has 3 aromatic rings. The van der Waals surface area contributed by atoms with Gasteiger partial charge in [0.25, 0.3) is 5.56 Å². The highest BCUT2D eigenvalue weighted by atomic mass is 35.5. The number of nitrogens with one attached hydrogen (secondary N) is 2. The predicted molar refractivity (Wildman–Crippen MR) is 106 cm³/mol. The van der Waals surface area contributed by atoms with Crippen LogP contribution in [0.1, 0.15) is 25.5 Å². The molecule has 2 N–H and O–H groups in total. The number of rotatable bonds is 4. The molecular weight excluding hydrogens is 407 g/mol. The van der Waals surface area contributed by atoms with Crippen LogP contribution in [0.5, 0.6) is 0 Å². The van der Waals surface area contributed by atoms with Crippen molar-refractivity contribution in [1.82, 2.24) is 9.88 Å². The molecule has 3 rings (SSSR count). The lowest BCUT2D eigenvalue weighted by Crippen LogP contribution is -2.37. The summed E-state index contributed by atoms with van der Waals surface area (Å²) in [5.74, 6) is -2.99. The number of benzene rings is 2. The first-order chi connectivity index (χ1) is 13.7. The normalized spacial score (nSPS) is 12.1. The summed E-state index contributed by atoms with van der Waals surface area (Å²) in [7, 11) is 0. The van der Waals surface area contributed by atoms with Crippen molar-refractivity contribution in [3.8, 4) is 0 Å². The summed E-state index contributed by atoms with van der Waals surface area (Å²) >= 11 is 5.74. The minimum atomic E-state index is -1.24. The summed E-state index contributed by atoms with van der Waals surface area (Å²) in [6.07, 6.45) is 1.37. The maximum atomic E-state index is 14.2. The molecule has 1 atom stereocenters. The fourth-order valence-electron chi connectivity index (χ4n) is 3.18. The van der Waals surface area contributed by atoms with E-state index in [2.05, 4.69) is 10.3 Å². The Kier molecular flexibility index (Phi) is 5.83. The van der Waals surface area contributed by atoms with Crippen LogP contribution >= 0.6 is 11.6 Å². The van der Waals surface area contributed by atoms with Crippen LogP contribution in [0.15, 0.2) is 41.3 Å². The highest BCUT2D eigenvalue weighted by Gasteiger charge is 2.24. The quantitative estimate of drug-likeness (QED) is 0.604. The van der Waals surface area contributed by atoms with Gasteiger partial charge in [0.15, 0.2) is 11.6 Å². The van der Waals surface area contributed by atoms with E-state index in [-0.39, 0.29) is 17.0 Å². The summed E-state index contributed by atoms with van der Waals surface area (Å²) < 4.78 is 41.1. The van der Waals surface area contributed by atoms with Crippen molar-refractivity contribution in [2.75, 3.05) is 11.9 Å². The Morgan fingerprint density at radius 3 is 2.55 bits per heavy atom. The largest absolute Gasteiger partial charge is 0.328 e. The molecule has 5 nitrogen and oxygen atoms in total. The number of anilines is 1. The van der Waals surface area contributed by atoms with E-state index < -0.39 is 40.5 Å². The molecule has 0 aliphatic rings. The van der Waals surface area contributed by atoms with Crippen molar-refractivity contribution in [3.05, 3.63) is 74.9 Å². The number of carbonyl (C=O) groups excluding carboxylic acids is 1. The third kappa shape index (κ3) is 3.93. The highest BCUT2D eigenvalue weighted by molar-refractivity contribution is 6.31. The lowest BCUT2D eigenvalue weighted by atomic mass is 10.0. The highest BCUT2D eigenvalue weighted by Crippen LogP contribution is 2.29. The number of H-pyrrole nitrogens is 1. The van der Waals surface area contributed by atoms with Gasteiger partial charge in [-0.05, 0) is 49.1 Å². The molecule has 29 heavy (non-hydrogen) atoms. The molecule has 2 aromatic carbocycles. The van der Waals surface area contributed by atoms with Crippen molar-refractivity contribution in [2.24, 2.45) is 0 Å². The van der Waals surface area contributed by atoms with Crippen LogP contribution in [0.25, 0.3) is 10.8 Å². The van der Waals surface area contributed by atoms with Crippen LogP contribution in [0, 0.1) is 17.5 Å². The van der Waals surface area contributed by atoms with Crippen LogP contribution in [0.2, 0.25) is 5.02 Å². The van der Waals surface area contributed by atoms with Gasteiger partial charge in [0.2, 0.25) is 0 Å². The van der Waals surface area contributed by atoms with Gasteiger partial charge in [-0.1, -0.05) is 17.7 Å². The molecule has 152 valence electrons. The second-order valence-corrected chi connectivity index (χ2v) is 6.79. The number of carbonyl (C=O) groups is 1. The average Bonchev–Trinajstić information content (AvgIpc) is 2.68. The van der Waals surface area contributed by atoms with Gasteiger partial charge < -0.3 is 15.2 Å². The van der Waals surface area contributed by atoms with Gasteiger partial charge in [-0.3, -0.25) is 4.79 Å². The predicted octanol–water partition coefficient (Wildman–Crippen LogP) is 5.21. The summed E-state index contributed by atoms with van der Waals surface area (Å²) in [4.78, 5) is 28.6. The lowest BCUT2D eigenvalue weighted by Gasteiger charge is -2.29. The van der Waals surface area contributed by atoms with Crippen LogP contribution in [-0.2, 0) is 0 Å². The van der Waals surface area contributed by atoms with Crippen LogP contribution in [0.3, 0.4) is 0 Å². The molecule has 2 amide bonds. The van der Waals surface area contributed by atoms with Gasteiger partial charge in [0, 0.05) is 18.4 Å². The number of hydrogen-bond acceptors (Lipinski definition) is 2. The molecule has 0 saturated heterocycles. The van der Waals surface area contributed by atoms with Gasteiger partial charge in [-0.25, -0.2) is 18.0 Å². The van der Waals surface area contributed by atoms with E-state index in [1.807, 2.05) is 0 Å². The number of aromatic nitrogens is 1. The maximum absolute atomic E-state index is 14.2. The van der Waals surface area contributed by atoms with Crippen molar-refractivity contribution >= 4 is 34.1 Å². The molecule has 1 unspecified atom stereocenters. The lowest BCUT2D eigenvalue weighted by molar-refractivity contribution is 0.197. The molecule has 0 radical (unpaired) electrons. The average molecular weight is 424 g/mol. The number of aromatic amines is 1. The minimum absolute atomic E-state index is 0.136. The number of hydrogen-bond donors (Lipinski definition) is 2. The zero-order valence-electron chi connectivity index (χ0n) is 15.5. The molecule has 1 heterocycles. The molecule has 0 spiro atoms. The van der Waals surface area contributed by atoms with E-state index in [9.17, 15) is 22.8 Å². The first kappa shape index (κ1) is 20.7. The van der Waals surface area contributed by atoms with Crippen LogP contribution < -0.4 is 10.9 Å². The van der Waals surface area contributed by atoms with Crippen molar-refractivity contribution in [3.63, 3.8) is 0 Å². The Hall–Kier alpha value is -3.00. The summed E-state index contributed by atoms with van der Waals surface area (Å²) in [6.45, 7) is 3.70. The van der Waals surface area contributed by atoms with Crippen molar-refractivity contribution in [1.29, 1.82) is 0 Å². The monoisotopic (exact) mass is 423 g/mol. The van der Waals surface area contributed by atoms with Gasteiger partial charge in [0.05, 0.1) is 16.5 Å². The fourth-order valence-corrected chi connectivity index (χ4v) is 3.36. The molecule has 0 aliphatic heterocycles. The van der Waals surface area contributed by atoms with Crippen LogP contribution in [-0.4, -0.2) is 22.5 Å². The Morgan fingerprint density at radius 1 is 1.21 bits per heavy atom. The Labute approximate surface area is 169 Å². The fraction of sp³-hybridized carbons (Fsp3) is 0.200. The maximum Gasteiger partial charge on any atom is 0.322 e. The van der Waals surface area contributed by atoms with Crippen molar-refractivity contribution in [2.45, 2.75) is 19.9 Å². The van der Waals surface area contributed by atoms with Gasteiger partial charge in [-0.15, -0.1) is 0 Å². The molecule has 0 bridgehead atoms. The van der Waals surface area contributed by atoms with Crippen molar-refractivity contribution < 1.29 is 18.0 Å². The number of urea groups is 1. The first-order valence-electron chi connectivity index (χ1n) is 8.76. The first-order valence-corrected chi connectivity index (χ1v) is 9.14. The van der Waals surface area contributed by atoms with E-state index in [1.165, 1.54) is 29.3 Å². The second kappa shape index (κ2) is 8.16. The molecular formula is C20H17ClF3N3O2. The summed E-state index contributed by atoms with van der Waals surface area (Å²) in [5, 5.41) is 2.28. The number of halogens is 4. The third-order valence-electron chi connectivity index (χ3n) is 4.68.